The van der Waals surface area contributed by atoms with Gasteiger partial charge in [0.2, 0.25) is 0 Å². The normalized spacial score (nSPS) is 25.1. The molecule has 0 spiro atoms. The summed E-state index contributed by atoms with van der Waals surface area (Å²) < 4.78 is 1.74. The number of fused-ring (bicyclic) bond motifs is 2. The number of para-hydroxylation sites is 1. The van der Waals surface area contributed by atoms with E-state index in [2.05, 4.69) is 40.5 Å². The molecular formula is C28H36N6O2. The third-order valence-electron chi connectivity index (χ3n) is 8.73. The number of hydrogen-bond acceptors (Lipinski definition) is 5. The van der Waals surface area contributed by atoms with Crippen LogP contribution in [0.15, 0.2) is 48.7 Å². The average molecular weight is 489 g/mol. The predicted molar refractivity (Wildman–Crippen MR) is 139 cm³/mol. The molecule has 1 aromatic heterocycles. The van der Waals surface area contributed by atoms with E-state index < -0.39 is 5.54 Å². The summed E-state index contributed by atoms with van der Waals surface area (Å²) in [4.78, 5) is 35.4. The number of amides is 2. The van der Waals surface area contributed by atoms with Gasteiger partial charge < -0.3 is 19.6 Å². The molecule has 2 aromatic rings. The number of benzene rings is 1. The van der Waals surface area contributed by atoms with Gasteiger partial charge in [0, 0.05) is 49.7 Å². The lowest BCUT2D eigenvalue weighted by molar-refractivity contribution is 0.0507. The SMILES string of the molecule is C=C1N(C2CCCCCC2)CN2C(=O)c3cc(C(=O)N4CCN(c5ccccc5)CC4)nn3C[C@]12C. The van der Waals surface area contributed by atoms with E-state index >= 15 is 0 Å². The maximum atomic E-state index is 13.6. The molecule has 3 fully saturated rings. The van der Waals surface area contributed by atoms with E-state index in [1.807, 2.05) is 28.0 Å². The molecule has 6 rings (SSSR count). The third-order valence-corrected chi connectivity index (χ3v) is 8.73. The van der Waals surface area contributed by atoms with Crippen LogP contribution in [0.5, 0.6) is 0 Å². The maximum Gasteiger partial charge on any atom is 0.274 e. The number of aromatic nitrogens is 2. The number of anilines is 1. The first kappa shape index (κ1) is 23.1. The van der Waals surface area contributed by atoms with E-state index in [0.29, 0.717) is 43.7 Å². The summed E-state index contributed by atoms with van der Waals surface area (Å²) in [5.41, 5.74) is 2.55. The second-order valence-electron chi connectivity index (χ2n) is 10.9. The largest absolute Gasteiger partial charge is 0.368 e. The van der Waals surface area contributed by atoms with Crippen molar-refractivity contribution in [3.05, 3.63) is 60.1 Å². The molecule has 1 aromatic carbocycles. The van der Waals surface area contributed by atoms with Gasteiger partial charge in [-0.2, -0.15) is 5.10 Å². The van der Waals surface area contributed by atoms with E-state index in [9.17, 15) is 9.59 Å². The Morgan fingerprint density at radius 3 is 2.42 bits per heavy atom. The number of hydrogen-bond donors (Lipinski definition) is 0. The van der Waals surface area contributed by atoms with Gasteiger partial charge in [-0.3, -0.25) is 14.3 Å². The predicted octanol–water partition coefficient (Wildman–Crippen LogP) is 3.57. The summed E-state index contributed by atoms with van der Waals surface area (Å²) in [6.45, 7) is 10.5. The van der Waals surface area contributed by atoms with Crippen LogP contribution in [-0.4, -0.2) is 80.7 Å². The Morgan fingerprint density at radius 2 is 1.72 bits per heavy atom. The van der Waals surface area contributed by atoms with Gasteiger partial charge in [-0.25, -0.2) is 0 Å². The molecular weight excluding hydrogens is 452 g/mol. The monoisotopic (exact) mass is 488 g/mol. The summed E-state index contributed by atoms with van der Waals surface area (Å²) in [7, 11) is 0. The molecule has 0 radical (unpaired) electrons. The molecule has 0 unspecified atom stereocenters. The molecule has 190 valence electrons. The number of nitrogens with zero attached hydrogens (tertiary/aromatic N) is 6. The molecule has 0 N–H and O–H groups in total. The summed E-state index contributed by atoms with van der Waals surface area (Å²) in [5, 5.41) is 4.65. The van der Waals surface area contributed by atoms with Crippen molar-refractivity contribution < 1.29 is 9.59 Å². The highest BCUT2D eigenvalue weighted by atomic mass is 16.2. The molecule has 8 heteroatoms. The lowest BCUT2D eigenvalue weighted by atomic mass is 9.94. The Bertz CT molecular complexity index is 1160. The summed E-state index contributed by atoms with van der Waals surface area (Å²) >= 11 is 0. The molecule has 36 heavy (non-hydrogen) atoms. The van der Waals surface area contributed by atoms with E-state index in [-0.39, 0.29) is 11.8 Å². The van der Waals surface area contributed by atoms with Crippen molar-refractivity contribution in [3.8, 4) is 0 Å². The zero-order chi connectivity index (χ0) is 24.9. The van der Waals surface area contributed by atoms with Crippen molar-refractivity contribution in [3.63, 3.8) is 0 Å². The molecule has 1 aliphatic carbocycles. The molecule has 0 bridgehead atoms. The highest BCUT2D eigenvalue weighted by molar-refractivity contribution is 5.99. The summed E-state index contributed by atoms with van der Waals surface area (Å²) in [6.07, 6.45) is 7.40. The van der Waals surface area contributed by atoms with Crippen LogP contribution in [0.1, 0.15) is 66.4 Å². The first-order valence-electron chi connectivity index (χ1n) is 13.4. The second kappa shape index (κ2) is 8.98. The number of rotatable bonds is 3. The molecule has 8 nitrogen and oxygen atoms in total. The molecule has 1 saturated carbocycles. The average Bonchev–Trinajstić information content (AvgIpc) is 3.30. The number of carbonyl (C=O) groups is 2. The van der Waals surface area contributed by atoms with Crippen molar-refractivity contribution in [1.82, 2.24) is 24.5 Å². The van der Waals surface area contributed by atoms with E-state index in [4.69, 9.17) is 0 Å². The molecule has 2 amide bonds. The lowest BCUT2D eigenvalue weighted by Crippen LogP contribution is -2.53. The topological polar surface area (TPSA) is 64.9 Å². The molecule has 2 saturated heterocycles. The third kappa shape index (κ3) is 3.78. The first-order chi connectivity index (χ1) is 17.5. The number of carbonyl (C=O) groups excluding carboxylic acids is 2. The molecule has 1 atom stereocenters. The van der Waals surface area contributed by atoms with E-state index in [0.717, 1.165) is 31.6 Å². The van der Waals surface area contributed by atoms with Crippen LogP contribution in [-0.2, 0) is 6.54 Å². The standard InChI is InChI=1S/C28H36N6O2/c1-21-28(2)19-34-25(27(36)33(28)20-32(21)23-12-6-3-4-7-13-23)18-24(29-34)26(35)31-16-14-30(15-17-31)22-10-8-5-9-11-22/h5,8-11,18,23H,1,3-4,6-7,12-17,19-20H2,2H3/t28-/m1/s1. The van der Waals surface area contributed by atoms with Gasteiger partial charge in [0.25, 0.3) is 11.8 Å². The van der Waals surface area contributed by atoms with Gasteiger partial charge in [-0.05, 0) is 31.9 Å². The Kier molecular flexibility index (Phi) is 5.77. The Labute approximate surface area is 213 Å². The van der Waals surface area contributed by atoms with Crippen LogP contribution in [0.3, 0.4) is 0 Å². The van der Waals surface area contributed by atoms with Crippen LogP contribution in [0.4, 0.5) is 5.69 Å². The van der Waals surface area contributed by atoms with Crippen molar-refractivity contribution in [1.29, 1.82) is 0 Å². The Morgan fingerprint density at radius 1 is 1.03 bits per heavy atom. The Balaban J connectivity index is 1.16. The number of piperazine rings is 1. The van der Waals surface area contributed by atoms with Crippen LogP contribution in [0, 0.1) is 0 Å². The van der Waals surface area contributed by atoms with Gasteiger partial charge >= 0.3 is 0 Å². The van der Waals surface area contributed by atoms with E-state index in [1.165, 1.54) is 31.4 Å². The minimum absolute atomic E-state index is 0.0542. The van der Waals surface area contributed by atoms with Crippen LogP contribution in [0.2, 0.25) is 0 Å². The zero-order valence-electron chi connectivity index (χ0n) is 21.2. The van der Waals surface area contributed by atoms with Crippen LogP contribution < -0.4 is 4.90 Å². The lowest BCUT2D eigenvalue weighted by Gasteiger charge is -2.38. The Hall–Kier alpha value is -3.29. The molecule has 4 aliphatic rings. The van der Waals surface area contributed by atoms with Crippen molar-refractivity contribution >= 4 is 17.5 Å². The van der Waals surface area contributed by atoms with Gasteiger partial charge in [-0.1, -0.05) is 50.5 Å². The zero-order valence-corrected chi connectivity index (χ0v) is 21.2. The minimum atomic E-state index is -0.510. The summed E-state index contributed by atoms with van der Waals surface area (Å²) in [5.74, 6) is -0.150. The minimum Gasteiger partial charge on any atom is -0.368 e. The first-order valence-corrected chi connectivity index (χ1v) is 13.4. The fraction of sp³-hybridized carbons (Fsp3) is 0.536. The highest BCUT2D eigenvalue weighted by Gasteiger charge is 2.52. The fourth-order valence-corrected chi connectivity index (χ4v) is 6.44. The van der Waals surface area contributed by atoms with Gasteiger partial charge in [0.05, 0.1) is 13.2 Å². The van der Waals surface area contributed by atoms with Crippen molar-refractivity contribution in [2.45, 2.75) is 63.6 Å². The van der Waals surface area contributed by atoms with E-state index in [1.54, 1.807) is 10.7 Å². The van der Waals surface area contributed by atoms with Crippen molar-refractivity contribution in [2.75, 3.05) is 37.7 Å². The molecule has 3 aliphatic heterocycles. The fourth-order valence-electron chi connectivity index (χ4n) is 6.44. The highest BCUT2D eigenvalue weighted by Crippen LogP contribution is 2.42. The van der Waals surface area contributed by atoms with Crippen LogP contribution >= 0.6 is 0 Å². The molecule has 4 heterocycles. The van der Waals surface area contributed by atoms with Gasteiger partial charge in [0.15, 0.2) is 5.69 Å². The van der Waals surface area contributed by atoms with Crippen molar-refractivity contribution in [2.24, 2.45) is 0 Å². The summed E-state index contributed by atoms with van der Waals surface area (Å²) in [6, 6.07) is 12.4. The van der Waals surface area contributed by atoms with Gasteiger partial charge in [-0.15, -0.1) is 0 Å². The smallest absolute Gasteiger partial charge is 0.274 e. The second-order valence-corrected chi connectivity index (χ2v) is 10.9. The van der Waals surface area contributed by atoms with Gasteiger partial charge in [0.1, 0.15) is 11.2 Å². The quantitative estimate of drug-likeness (QED) is 0.618. The maximum absolute atomic E-state index is 13.6. The van der Waals surface area contributed by atoms with Crippen LogP contribution in [0.25, 0.3) is 0 Å².